The van der Waals surface area contributed by atoms with Gasteiger partial charge >= 0.3 is 5.69 Å². The Morgan fingerprint density at radius 1 is 1.27 bits per heavy atom. The largest absolute Gasteiger partial charge is 0.366 e. The van der Waals surface area contributed by atoms with Gasteiger partial charge in [0.2, 0.25) is 0 Å². The fraction of sp³-hybridized carbons (Fsp3) is 0.143. The van der Waals surface area contributed by atoms with Crippen LogP contribution in [0.15, 0.2) is 35.3 Å². The number of anilines is 1. The van der Waals surface area contributed by atoms with E-state index >= 15 is 0 Å². The van der Waals surface area contributed by atoms with E-state index in [9.17, 15) is 14.9 Å². The highest BCUT2D eigenvalue weighted by atomic mass is 16.6. The van der Waals surface area contributed by atoms with Crippen molar-refractivity contribution in [3.05, 3.63) is 62.2 Å². The minimum Gasteiger partial charge on any atom is -0.366 e. The van der Waals surface area contributed by atoms with Crippen molar-refractivity contribution in [1.29, 1.82) is 0 Å². The fourth-order valence-electron chi connectivity index (χ4n) is 2.22. The number of benzene rings is 1. The lowest BCUT2D eigenvalue weighted by Gasteiger charge is -2.06. The average molecular weight is 299 g/mol. The number of aromatic amines is 2. The van der Waals surface area contributed by atoms with E-state index in [-0.39, 0.29) is 11.4 Å². The Morgan fingerprint density at radius 3 is 2.77 bits per heavy atom. The molecule has 1 aromatic carbocycles. The van der Waals surface area contributed by atoms with Crippen LogP contribution in [-0.2, 0) is 6.54 Å². The summed E-state index contributed by atoms with van der Waals surface area (Å²) in [7, 11) is 0. The van der Waals surface area contributed by atoms with Gasteiger partial charge in [-0.25, -0.2) is 9.78 Å². The van der Waals surface area contributed by atoms with Crippen LogP contribution in [0.4, 0.5) is 11.5 Å². The van der Waals surface area contributed by atoms with Gasteiger partial charge in [0.1, 0.15) is 12.0 Å². The van der Waals surface area contributed by atoms with Crippen molar-refractivity contribution in [2.45, 2.75) is 13.5 Å². The maximum Gasteiger partial charge on any atom is 0.323 e. The molecular formula is C14H13N5O3. The zero-order chi connectivity index (χ0) is 15.7. The molecule has 112 valence electrons. The molecule has 8 heteroatoms. The van der Waals surface area contributed by atoms with Gasteiger partial charge in [-0.1, -0.05) is 6.07 Å². The maximum atomic E-state index is 11.2. The van der Waals surface area contributed by atoms with Crippen LogP contribution < -0.4 is 11.0 Å². The number of fused-ring (bicyclic) bond motifs is 1. The number of pyridine rings is 1. The van der Waals surface area contributed by atoms with E-state index < -0.39 is 4.92 Å². The number of hydrogen-bond donors (Lipinski definition) is 3. The van der Waals surface area contributed by atoms with Gasteiger partial charge in [-0.3, -0.25) is 10.1 Å². The first kappa shape index (κ1) is 13.8. The van der Waals surface area contributed by atoms with E-state index in [0.717, 1.165) is 16.6 Å². The molecule has 0 aliphatic rings. The Kier molecular flexibility index (Phi) is 3.34. The smallest absolute Gasteiger partial charge is 0.323 e. The van der Waals surface area contributed by atoms with E-state index in [1.165, 1.54) is 6.20 Å². The summed E-state index contributed by atoms with van der Waals surface area (Å²) in [5.41, 5.74) is 2.74. The molecule has 0 amide bonds. The molecule has 0 aliphatic heterocycles. The lowest BCUT2D eigenvalue weighted by atomic mass is 10.2. The van der Waals surface area contributed by atoms with Crippen LogP contribution in [-0.4, -0.2) is 19.9 Å². The van der Waals surface area contributed by atoms with Crippen LogP contribution in [0.25, 0.3) is 11.0 Å². The van der Waals surface area contributed by atoms with Crippen molar-refractivity contribution in [2.24, 2.45) is 0 Å². The molecule has 0 atom stereocenters. The lowest BCUT2D eigenvalue weighted by molar-refractivity contribution is -0.385. The first-order chi connectivity index (χ1) is 10.5. The van der Waals surface area contributed by atoms with Crippen LogP contribution in [0.2, 0.25) is 0 Å². The second-order valence-electron chi connectivity index (χ2n) is 4.93. The van der Waals surface area contributed by atoms with Crippen LogP contribution in [0.5, 0.6) is 0 Å². The van der Waals surface area contributed by atoms with E-state index in [1.807, 2.05) is 18.2 Å². The Labute approximate surface area is 124 Å². The van der Waals surface area contributed by atoms with Crippen LogP contribution >= 0.6 is 0 Å². The van der Waals surface area contributed by atoms with Gasteiger partial charge in [0, 0.05) is 12.1 Å². The molecule has 0 unspecified atom stereocenters. The fourth-order valence-corrected chi connectivity index (χ4v) is 2.22. The van der Waals surface area contributed by atoms with Crippen LogP contribution in [0.1, 0.15) is 11.1 Å². The maximum absolute atomic E-state index is 11.2. The third-order valence-corrected chi connectivity index (χ3v) is 3.33. The Hall–Kier alpha value is -3.16. The molecule has 22 heavy (non-hydrogen) atoms. The van der Waals surface area contributed by atoms with Crippen molar-refractivity contribution in [3.8, 4) is 0 Å². The highest BCUT2D eigenvalue weighted by Crippen LogP contribution is 2.19. The number of aromatic nitrogens is 3. The number of nitrogens with one attached hydrogen (secondary N) is 3. The molecule has 2 aromatic heterocycles. The monoisotopic (exact) mass is 299 g/mol. The van der Waals surface area contributed by atoms with Crippen molar-refractivity contribution < 1.29 is 4.92 Å². The van der Waals surface area contributed by atoms with Gasteiger partial charge in [-0.15, -0.1) is 0 Å². The van der Waals surface area contributed by atoms with E-state index in [4.69, 9.17) is 0 Å². The van der Waals surface area contributed by atoms with Crippen molar-refractivity contribution in [3.63, 3.8) is 0 Å². The molecule has 3 N–H and O–H groups in total. The minimum absolute atomic E-state index is 0.00290. The summed E-state index contributed by atoms with van der Waals surface area (Å²) in [6.45, 7) is 2.16. The molecule has 0 radical (unpaired) electrons. The van der Waals surface area contributed by atoms with Gasteiger partial charge in [-0.05, 0) is 30.7 Å². The highest BCUT2D eigenvalue weighted by molar-refractivity contribution is 5.75. The summed E-state index contributed by atoms with van der Waals surface area (Å²) in [5, 5.41) is 13.9. The van der Waals surface area contributed by atoms with Gasteiger partial charge in [0.05, 0.1) is 16.0 Å². The molecule has 0 saturated heterocycles. The number of aryl methyl sites for hydroxylation is 1. The molecule has 0 bridgehead atoms. The number of imidazole rings is 1. The number of hydrogen-bond acceptors (Lipinski definition) is 5. The number of nitrogens with zero attached hydrogens (tertiary/aromatic N) is 2. The van der Waals surface area contributed by atoms with Crippen molar-refractivity contribution >= 4 is 22.5 Å². The summed E-state index contributed by atoms with van der Waals surface area (Å²) in [4.78, 5) is 30.9. The van der Waals surface area contributed by atoms with Crippen LogP contribution in [0, 0.1) is 17.0 Å². The van der Waals surface area contributed by atoms with Gasteiger partial charge < -0.3 is 15.3 Å². The summed E-state index contributed by atoms with van der Waals surface area (Å²) in [6.07, 6.45) is 1.24. The summed E-state index contributed by atoms with van der Waals surface area (Å²) in [5.74, 6) is 0.561. The predicted molar refractivity (Wildman–Crippen MR) is 81.9 cm³/mol. The van der Waals surface area contributed by atoms with E-state index in [0.29, 0.717) is 17.9 Å². The molecule has 0 fully saturated rings. The van der Waals surface area contributed by atoms with Gasteiger partial charge in [0.15, 0.2) is 0 Å². The predicted octanol–water partition coefficient (Wildman–Crippen LogP) is 2.08. The number of rotatable bonds is 4. The van der Waals surface area contributed by atoms with Crippen molar-refractivity contribution in [1.82, 2.24) is 15.0 Å². The first-order valence-corrected chi connectivity index (χ1v) is 6.59. The first-order valence-electron chi connectivity index (χ1n) is 6.59. The van der Waals surface area contributed by atoms with Crippen LogP contribution in [0.3, 0.4) is 0 Å². The Morgan fingerprint density at radius 2 is 2.05 bits per heavy atom. The molecule has 3 rings (SSSR count). The molecule has 0 spiro atoms. The van der Waals surface area contributed by atoms with Crippen molar-refractivity contribution in [2.75, 3.05) is 5.32 Å². The summed E-state index contributed by atoms with van der Waals surface area (Å²) >= 11 is 0. The highest BCUT2D eigenvalue weighted by Gasteiger charge is 2.11. The number of nitro groups is 1. The Bertz CT molecular complexity index is 912. The minimum atomic E-state index is -0.456. The normalized spacial score (nSPS) is 10.8. The van der Waals surface area contributed by atoms with E-state index in [1.54, 1.807) is 13.0 Å². The standard InChI is InChI=1S/C14H13N5O3/c1-8-4-13(16-7-12(8)19(21)22)15-6-9-2-3-10-11(5-9)18-14(20)17-10/h2-5,7H,6H2,1H3,(H,15,16)(H2,17,18,20). The Balaban J connectivity index is 1.77. The second kappa shape index (κ2) is 5.32. The zero-order valence-electron chi connectivity index (χ0n) is 11.7. The van der Waals surface area contributed by atoms with Gasteiger partial charge in [0.25, 0.3) is 5.69 Å². The average Bonchev–Trinajstić information content (AvgIpc) is 2.84. The SMILES string of the molecule is Cc1cc(NCc2ccc3[nH]c(=O)[nH]c3c2)ncc1[N+](=O)[O-]. The molecule has 8 nitrogen and oxygen atoms in total. The third-order valence-electron chi connectivity index (χ3n) is 3.33. The van der Waals surface area contributed by atoms with E-state index in [2.05, 4.69) is 20.3 Å². The second-order valence-corrected chi connectivity index (χ2v) is 4.93. The molecule has 3 aromatic rings. The van der Waals surface area contributed by atoms with Gasteiger partial charge in [-0.2, -0.15) is 0 Å². The molecule has 0 aliphatic carbocycles. The summed E-state index contributed by atoms with van der Waals surface area (Å²) < 4.78 is 0. The molecule has 0 saturated carbocycles. The lowest BCUT2D eigenvalue weighted by Crippen LogP contribution is -2.03. The molecular weight excluding hydrogens is 286 g/mol. The zero-order valence-corrected chi connectivity index (χ0v) is 11.7. The third kappa shape index (κ3) is 2.66. The topological polar surface area (TPSA) is 117 Å². The number of H-pyrrole nitrogens is 2. The molecule has 2 heterocycles. The quantitative estimate of drug-likeness (QED) is 0.503. The summed E-state index contributed by atoms with van der Waals surface area (Å²) in [6, 6.07) is 7.20.